The number of hydrogen-bond donors (Lipinski definition) is 10. The summed E-state index contributed by atoms with van der Waals surface area (Å²) in [4.78, 5) is 103. The van der Waals surface area contributed by atoms with Crippen molar-refractivity contribution in [3.05, 3.63) is 50.6 Å². The second-order valence-electron chi connectivity index (χ2n) is 19.3. The van der Waals surface area contributed by atoms with E-state index in [9.17, 15) is 47.8 Å². The molecule has 0 amide bonds. The van der Waals surface area contributed by atoms with E-state index in [2.05, 4.69) is 59.8 Å². The maximum absolute atomic E-state index is 14.1. The maximum Gasteiger partial charge on any atom is 0.472 e. The van der Waals surface area contributed by atoms with Crippen molar-refractivity contribution in [2.24, 2.45) is 0 Å². The fourth-order valence-corrected chi connectivity index (χ4v) is 13.6. The largest absolute Gasteiger partial charge is 0.472 e. The molecule has 12 rings (SSSR count). The van der Waals surface area contributed by atoms with Gasteiger partial charge in [0, 0.05) is 25.7 Å². The highest BCUT2D eigenvalue weighted by atomic mass is 31.2. The van der Waals surface area contributed by atoms with E-state index >= 15 is 0 Å². The van der Waals surface area contributed by atoms with E-state index in [-0.39, 0.29) is 93.6 Å². The highest BCUT2D eigenvalue weighted by Crippen LogP contribution is 2.55. The van der Waals surface area contributed by atoms with Gasteiger partial charge in [0.1, 0.15) is 121 Å². The molecule has 12 heterocycles. The van der Waals surface area contributed by atoms with Crippen molar-refractivity contribution in [2.45, 2.75) is 99.4 Å². The minimum absolute atomic E-state index is 0.00196. The van der Waals surface area contributed by atoms with Gasteiger partial charge in [0.2, 0.25) is 0 Å². The van der Waals surface area contributed by atoms with E-state index in [1.807, 2.05) is 0 Å². The quantitative estimate of drug-likeness (QED) is 0.0393. The third-order valence-corrected chi connectivity index (χ3v) is 17.6. The Morgan fingerprint density at radius 2 is 0.671 bits per heavy atom. The first-order valence-corrected chi connectivity index (χ1v) is 31.2. The number of nitrogens with zero attached hydrogens (tertiary/aromatic N) is 16. The molecule has 41 nitrogen and oxygen atoms in total. The van der Waals surface area contributed by atoms with Gasteiger partial charge in [-0.2, -0.15) is 0 Å². The van der Waals surface area contributed by atoms with Gasteiger partial charge >= 0.3 is 31.3 Å². The van der Waals surface area contributed by atoms with Crippen LogP contribution in [0.4, 0.5) is 23.3 Å². The van der Waals surface area contributed by atoms with Gasteiger partial charge in [-0.3, -0.25) is 49.9 Å². The van der Waals surface area contributed by atoms with Gasteiger partial charge in [-0.15, -0.1) is 0 Å². The number of ether oxygens (including phenoxy) is 4. The van der Waals surface area contributed by atoms with Crippen molar-refractivity contribution in [3.63, 3.8) is 0 Å². The molecular weight excluding hydrogens is 1220 g/mol. The van der Waals surface area contributed by atoms with Crippen LogP contribution >= 0.6 is 31.3 Å². The maximum atomic E-state index is 14.1. The number of nitrogens with two attached hydrogens (primary N) is 4. The predicted octanol–water partition coefficient (Wildman–Crippen LogP) is -0.198. The topological polar surface area (TPSA) is 570 Å². The van der Waals surface area contributed by atoms with Gasteiger partial charge in [0.15, 0.2) is 45.9 Å². The van der Waals surface area contributed by atoms with Crippen molar-refractivity contribution < 1.29 is 98.4 Å². The predicted molar refractivity (Wildman–Crippen MR) is 279 cm³/mol. The highest BCUT2D eigenvalue weighted by Gasteiger charge is 2.49. The van der Waals surface area contributed by atoms with Crippen LogP contribution in [0.3, 0.4) is 0 Å². The van der Waals surface area contributed by atoms with Gasteiger partial charge in [-0.1, -0.05) is 0 Å². The van der Waals surface area contributed by atoms with Gasteiger partial charge in [0.25, 0.3) is 0 Å². The molecule has 4 saturated heterocycles. The molecule has 8 aromatic rings. The van der Waals surface area contributed by atoms with E-state index in [0.29, 0.717) is 0 Å². The van der Waals surface area contributed by atoms with Gasteiger partial charge in [-0.25, -0.2) is 78.1 Å². The lowest BCUT2D eigenvalue weighted by atomic mass is 10.2. The molecule has 14 N–H and O–H groups in total. The van der Waals surface area contributed by atoms with Crippen molar-refractivity contribution in [1.82, 2.24) is 78.1 Å². The summed E-state index contributed by atoms with van der Waals surface area (Å²) in [5.74, 6) is 0.142. The molecule has 85 heavy (non-hydrogen) atoms. The summed E-state index contributed by atoms with van der Waals surface area (Å²) in [7, 11) is -21.0. The van der Waals surface area contributed by atoms with E-state index in [1.54, 1.807) is 0 Å². The number of rotatable bonds is 22. The monoisotopic (exact) mass is 1270 g/mol. The average Bonchev–Trinajstić information content (AvgIpc) is 2.38. The zero-order chi connectivity index (χ0) is 59.7. The summed E-state index contributed by atoms with van der Waals surface area (Å²) in [6, 6.07) is 0. The molecule has 7 unspecified atom stereocenters. The standard InChI is InChI=1S/C40H50N20O21P4/c41-33-29-37(49-9-45-33)57(13-53-29)25-1-17(21(5-61)74-25)79-83(65,66)72-7-23-19(3-27(76-23)59-15-55-31-35(43)47-11-51-39(31)59)81-85(69,70)73-8-24-20(4-28(77-24)60-16-56-32-36(44)48-12-52-40(32)60)80-84(67,68)71-6-22-18(78-82(62,63)64)2-26(75-22)58-14-54-30-34(42)46-10-50-38(30)58/h9-28,61H,1-8H2,(H,65,66)(H,67,68)(H,69,70)(H2,41,45,49)(H2,42,46,50)(H2,43,47,51)(H2,44,48,52)(H2,62,63,64)/t17?,18?,19?,20?,21-,22-,23-,24-,25-,26-,27-,28-/m1/s1. The highest BCUT2D eigenvalue weighted by molar-refractivity contribution is 7.48. The number of nitrogen functional groups attached to an aromatic ring is 4. The van der Waals surface area contributed by atoms with Crippen LogP contribution in [0.5, 0.6) is 0 Å². The van der Waals surface area contributed by atoms with Gasteiger partial charge < -0.3 is 71.5 Å². The number of anilines is 4. The number of phosphoric acid groups is 4. The van der Waals surface area contributed by atoms with Crippen molar-refractivity contribution in [1.29, 1.82) is 0 Å². The van der Waals surface area contributed by atoms with E-state index in [4.69, 9.17) is 73.5 Å². The summed E-state index contributed by atoms with van der Waals surface area (Å²) >= 11 is 0. The molecule has 8 aromatic heterocycles. The summed E-state index contributed by atoms with van der Waals surface area (Å²) in [6.45, 7) is -3.27. The first-order chi connectivity index (χ1) is 40.5. The Labute approximate surface area is 473 Å². The molecule has 0 radical (unpaired) electrons. The molecule has 4 fully saturated rings. The molecule has 4 aliphatic heterocycles. The minimum atomic E-state index is -5.35. The fraction of sp³-hybridized carbons (Fsp3) is 0.500. The number of hydrogen-bond acceptors (Lipinski definition) is 32. The summed E-state index contributed by atoms with van der Waals surface area (Å²) in [6.07, 6.45) is -6.62. The van der Waals surface area contributed by atoms with Crippen LogP contribution in [0.15, 0.2) is 50.6 Å². The smallest absolute Gasteiger partial charge is 0.394 e. The van der Waals surface area contributed by atoms with Crippen LogP contribution in [0.2, 0.25) is 0 Å². The van der Waals surface area contributed by atoms with E-state index < -0.39 is 131 Å². The molecule has 45 heteroatoms. The Hall–Kier alpha value is -6.36. The van der Waals surface area contributed by atoms with Crippen LogP contribution in [-0.2, 0) is 68.9 Å². The second kappa shape index (κ2) is 23.1. The molecule has 4 aliphatic rings. The van der Waals surface area contributed by atoms with E-state index in [1.165, 1.54) is 49.9 Å². The Bertz CT molecular complexity index is 3990. The van der Waals surface area contributed by atoms with Crippen LogP contribution in [0.1, 0.15) is 50.6 Å². The third kappa shape index (κ3) is 12.4. The molecule has 0 aromatic carbocycles. The van der Waals surface area contributed by atoms with Crippen LogP contribution in [-0.4, -0.2) is 183 Å². The Morgan fingerprint density at radius 3 is 0.941 bits per heavy atom. The molecule has 0 saturated carbocycles. The summed E-state index contributed by atoms with van der Waals surface area (Å²) in [5.41, 5.74) is 25.5. The normalized spacial score (nSPS) is 28.7. The molecular formula is C40H50N20O21P4. The zero-order valence-corrected chi connectivity index (χ0v) is 46.8. The lowest BCUT2D eigenvalue weighted by Crippen LogP contribution is -2.31. The SMILES string of the molecule is Nc1ncnc2c1ncn2[C@H]1CC(OP(=O)(O)O)[C@@H](COP(=O)(O)OC2C[C@H](n3cnc4c(N)ncnc43)O[C@@H]2COP(=O)(O)OC2C[C@H](n3cnc4c(N)ncnc43)O[C@@H]2COP(=O)(O)OC2C[C@H](n3cnc4c(N)ncnc43)O[C@@H]2CO)O1. The Kier molecular flexibility index (Phi) is 16.0. The molecule has 0 spiro atoms. The van der Waals surface area contributed by atoms with Crippen LogP contribution < -0.4 is 22.9 Å². The number of aromatic nitrogens is 16. The number of aliphatic hydroxyl groups excluding tert-OH is 1. The van der Waals surface area contributed by atoms with Gasteiger partial charge in [-0.05, 0) is 0 Å². The first-order valence-electron chi connectivity index (χ1n) is 25.1. The molecule has 456 valence electrons. The second-order valence-corrected chi connectivity index (χ2v) is 24.7. The number of fused-ring (bicyclic) bond motifs is 4. The Balaban J connectivity index is 0.747. The summed E-state index contributed by atoms with van der Waals surface area (Å²) < 4.78 is 122. The average molecular weight is 1270 g/mol. The van der Waals surface area contributed by atoms with Gasteiger partial charge in [0.05, 0.1) is 51.7 Å². The lowest BCUT2D eigenvalue weighted by Gasteiger charge is -2.25. The number of phosphoric ester groups is 4. The van der Waals surface area contributed by atoms with E-state index in [0.717, 1.165) is 19.0 Å². The fourth-order valence-electron chi connectivity index (χ4n) is 10.1. The molecule has 15 atom stereocenters. The van der Waals surface area contributed by atoms with Crippen LogP contribution in [0, 0.1) is 0 Å². The van der Waals surface area contributed by atoms with Crippen LogP contribution in [0.25, 0.3) is 44.7 Å². The van der Waals surface area contributed by atoms with Crippen molar-refractivity contribution >= 4 is 99.2 Å². The Morgan fingerprint density at radius 1 is 0.412 bits per heavy atom. The van der Waals surface area contributed by atoms with Crippen molar-refractivity contribution in [2.75, 3.05) is 49.4 Å². The lowest BCUT2D eigenvalue weighted by molar-refractivity contribution is -0.0619. The minimum Gasteiger partial charge on any atom is -0.394 e. The van der Waals surface area contributed by atoms with Crippen molar-refractivity contribution in [3.8, 4) is 0 Å². The molecule has 0 bridgehead atoms. The first kappa shape index (κ1) is 59.0. The third-order valence-electron chi connectivity index (χ3n) is 14.0. The number of aliphatic hydroxyl groups is 1. The number of imidazole rings is 4. The zero-order valence-electron chi connectivity index (χ0n) is 43.3. The summed E-state index contributed by atoms with van der Waals surface area (Å²) in [5, 5.41) is 10.2. The molecule has 0 aliphatic carbocycles.